The topological polar surface area (TPSA) is 69.7 Å². The van der Waals surface area contributed by atoms with Gasteiger partial charge in [-0.1, -0.05) is 54.1 Å². The van der Waals surface area contributed by atoms with E-state index in [1.165, 1.54) is 9.80 Å². The van der Waals surface area contributed by atoms with Crippen LogP contribution in [0.1, 0.15) is 40.0 Å². The Labute approximate surface area is 197 Å². The lowest BCUT2D eigenvalue weighted by Gasteiger charge is -2.25. The molecule has 0 saturated carbocycles. The maximum absolute atomic E-state index is 13.0. The number of ketones is 1. The first-order valence-corrected chi connectivity index (χ1v) is 11.0. The number of carbonyl (C=O) groups excluding carboxylic acids is 3. The van der Waals surface area contributed by atoms with Crippen molar-refractivity contribution >= 4 is 40.7 Å². The third-order valence-electron chi connectivity index (χ3n) is 5.85. The number of likely N-dealkylation sites (N-methyl/N-ethyl adjacent to an activating group) is 1. The standard InChI is InChI=1S/C26H24ClN3O3/c1-16-8-4-5-9-19(16)25(32)21-13-12-18(14-22(21)27)28-23-11-7-6-10-20(23)17(2)30-24(31)15-29(3)26(30)33/h4-14,17,28H,15H2,1-3H3. The van der Waals surface area contributed by atoms with E-state index in [2.05, 4.69) is 5.32 Å². The number of hydrogen-bond donors (Lipinski definition) is 1. The van der Waals surface area contributed by atoms with E-state index >= 15 is 0 Å². The Hall–Kier alpha value is -3.64. The minimum atomic E-state index is -0.448. The molecule has 1 saturated heterocycles. The van der Waals surface area contributed by atoms with E-state index in [-0.39, 0.29) is 24.3 Å². The lowest BCUT2D eigenvalue weighted by atomic mass is 9.99. The maximum Gasteiger partial charge on any atom is 0.327 e. The van der Waals surface area contributed by atoms with E-state index in [0.29, 0.717) is 21.8 Å². The van der Waals surface area contributed by atoms with Crippen molar-refractivity contribution in [1.29, 1.82) is 0 Å². The van der Waals surface area contributed by atoms with Gasteiger partial charge in [-0.2, -0.15) is 0 Å². The highest BCUT2D eigenvalue weighted by Gasteiger charge is 2.38. The van der Waals surface area contributed by atoms with Crippen molar-refractivity contribution in [2.75, 3.05) is 18.9 Å². The first kappa shape index (κ1) is 22.6. The van der Waals surface area contributed by atoms with Gasteiger partial charge in [0.2, 0.25) is 0 Å². The first-order chi connectivity index (χ1) is 15.8. The predicted molar refractivity (Wildman–Crippen MR) is 129 cm³/mol. The Morgan fingerprint density at radius 2 is 1.70 bits per heavy atom. The zero-order valence-corrected chi connectivity index (χ0v) is 19.4. The van der Waals surface area contributed by atoms with Crippen LogP contribution in [0.4, 0.5) is 16.2 Å². The fourth-order valence-corrected chi connectivity index (χ4v) is 4.30. The van der Waals surface area contributed by atoms with Crippen LogP contribution in [0.5, 0.6) is 0 Å². The van der Waals surface area contributed by atoms with Crippen molar-refractivity contribution < 1.29 is 14.4 Å². The van der Waals surface area contributed by atoms with E-state index in [1.807, 2.05) is 56.3 Å². The normalized spacial score (nSPS) is 14.5. The molecule has 168 valence electrons. The van der Waals surface area contributed by atoms with Gasteiger partial charge in [-0.05, 0) is 49.2 Å². The van der Waals surface area contributed by atoms with Gasteiger partial charge in [0, 0.05) is 29.5 Å². The SMILES string of the molecule is Cc1ccccc1C(=O)c1ccc(Nc2ccccc2C(C)N2C(=O)CN(C)C2=O)cc1Cl. The van der Waals surface area contributed by atoms with Crippen LogP contribution in [0, 0.1) is 6.92 Å². The Morgan fingerprint density at radius 1 is 1.00 bits per heavy atom. The molecule has 0 spiro atoms. The Kier molecular flexibility index (Phi) is 6.20. The number of halogens is 1. The predicted octanol–water partition coefficient (Wildman–Crippen LogP) is 5.58. The number of aryl methyl sites for hydroxylation is 1. The maximum atomic E-state index is 13.0. The van der Waals surface area contributed by atoms with Gasteiger partial charge in [-0.15, -0.1) is 0 Å². The average molecular weight is 462 g/mol. The second kappa shape index (κ2) is 9.08. The number of anilines is 2. The molecule has 1 aliphatic heterocycles. The van der Waals surface area contributed by atoms with Crippen LogP contribution in [-0.2, 0) is 4.79 Å². The van der Waals surface area contributed by atoms with Crippen LogP contribution in [0.15, 0.2) is 66.7 Å². The molecule has 1 aliphatic rings. The summed E-state index contributed by atoms with van der Waals surface area (Å²) in [6.45, 7) is 3.79. The Balaban J connectivity index is 1.60. The van der Waals surface area contributed by atoms with Crippen LogP contribution in [-0.4, -0.2) is 41.1 Å². The summed E-state index contributed by atoms with van der Waals surface area (Å²) in [4.78, 5) is 40.4. The molecule has 0 radical (unpaired) electrons. The fraction of sp³-hybridized carbons (Fsp3) is 0.192. The molecule has 6 nitrogen and oxygen atoms in total. The van der Waals surface area contributed by atoms with E-state index in [4.69, 9.17) is 11.6 Å². The summed E-state index contributed by atoms with van der Waals surface area (Å²) >= 11 is 6.49. The molecule has 1 atom stereocenters. The number of imide groups is 1. The number of amides is 3. The summed E-state index contributed by atoms with van der Waals surface area (Å²) < 4.78 is 0. The number of para-hydroxylation sites is 1. The lowest BCUT2D eigenvalue weighted by Crippen LogP contribution is -2.34. The molecule has 33 heavy (non-hydrogen) atoms. The van der Waals surface area contributed by atoms with Gasteiger partial charge in [-0.3, -0.25) is 14.5 Å². The summed E-state index contributed by atoms with van der Waals surface area (Å²) in [7, 11) is 1.61. The van der Waals surface area contributed by atoms with Gasteiger partial charge in [0.05, 0.1) is 11.1 Å². The minimum Gasteiger partial charge on any atom is -0.355 e. The van der Waals surface area contributed by atoms with Crippen LogP contribution in [0.25, 0.3) is 0 Å². The molecule has 1 heterocycles. The van der Waals surface area contributed by atoms with Gasteiger partial charge in [0.15, 0.2) is 5.78 Å². The molecular weight excluding hydrogens is 438 g/mol. The van der Waals surface area contributed by atoms with Gasteiger partial charge >= 0.3 is 6.03 Å². The van der Waals surface area contributed by atoms with Crippen LogP contribution in [0.2, 0.25) is 5.02 Å². The minimum absolute atomic E-state index is 0.0742. The van der Waals surface area contributed by atoms with Gasteiger partial charge in [0.25, 0.3) is 5.91 Å². The summed E-state index contributed by atoms with van der Waals surface area (Å²) in [6, 6.07) is 19.3. The molecule has 1 N–H and O–H groups in total. The van der Waals surface area contributed by atoms with Gasteiger partial charge < -0.3 is 10.2 Å². The molecule has 0 bridgehead atoms. The lowest BCUT2D eigenvalue weighted by molar-refractivity contribution is -0.126. The number of benzene rings is 3. The van der Waals surface area contributed by atoms with E-state index in [1.54, 1.807) is 31.3 Å². The zero-order chi connectivity index (χ0) is 23.7. The van der Waals surface area contributed by atoms with E-state index in [0.717, 1.165) is 16.8 Å². The molecule has 3 amide bonds. The van der Waals surface area contributed by atoms with Crippen molar-refractivity contribution in [2.24, 2.45) is 0 Å². The molecule has 1 unspecified atom stereocenters. The second-order valence-electron chi connectivity index (χ2n) is 8.13. The smallest absolute Gasteiger partial charge is 0.327 e. The molecule has 4 rings (SSSR count). The van der Waals surface area contributed by atoms with Crippen LogP contribution in [0.3, 0.4) is 0 Å². The zero-order valence-electron chi connectivity index (χ0n) is 18.6. The highest BCUT2D eigenvalue weighted by Crippen LogP contribution is 2.33. The highest BCUT2D eigenvalue weighted by molar-refractivity contribution is 6.35. The van der Waals surface area contributed by atoms with Gasteiger partial charge in [0.1, 0.15) is 6.54 Å². The summed E-state index contributed by atoms with van der Waals surface area (Å²) in [5, 5.41) is 3.66. The van der Waals surface area contributed by atoms with Crippen molar-refractivity contribution in [3.63, 3.8) is 0 Å². The van der Waals surface area contributed by atoms with Crippen molar-refractivity contribution in [1.82, 2.24) is 9.80 Å². The van der Waals surface area contributed by atoms with E-state index < -0.39 is 6.04 Å². The molecule has 3 aromatic rings. The number of nitrogens with zero attached hydrogens (tertiary/aromatic N) is 2. The molecule has 0 aliphatic carbocycles. The third kappa shape index (κ3) is 4.34. The number of hydrogen-bond acceptors (Lipinski definition) is 4. The summed E-state index contributed by atoms with van der Waals surface area (Å²) in [6.07, 6.45) is 0. The quantitative estimate of drug-likeness (QED) is 0.384. The van der Waals surface area contributed by atoms with Crippen LogP contribution < -0.4 is 5.32 Å². The fourth-order valence-electron chi connectivity index (χ4n) is 4.04. The number of carbonyl (C=O) groups is 3. The Morgan fingerprint density at radius 3 is 2.36 bits per heavy atom. The van der Waals surface area contributed by atoms with Gasteiger partial charge in [-0.25, -0.2) is 4.79 Å². The first-order valence-electron chi connectivity index (χ1n) is 10.6. The largest absolute Gasteiger partial charge is 0.355 e. The molecule has 1 fully saturated rings. The van der Waals surface area contributed by atoms with Crippen LogP contribution >= 0.6 is 11.6 Å². The molecule has 3 aromatic carbocycles. The molecule has 7 heteroatoms. The summed E-state index contributed by atoms with van der Waals surface area (Å²) in [5.74, 6) is -0.360. The monoisotopic (exact) mass is 461 g/mol. The number of nitrogens with one attached hydrogen (secondary N) is 1. The van der Waals surface area contributed by atoms with Crippen molar-refractivity contribution in [3.05, 3.63) is 94.0 Å². The summed E-state index contributed by atoms with van der Waals surface area (Å²) in [5.41, 5.74) is 4.16. The van der Waals surface area contributed by atoms with Crippen molar-refractivity contribution in [3.8, 4) is 0 Å². The Bertz CT molecular complexity index is 1260. The van der Waals surface area contributed by atoms with E-state index in [9.17, 15) is 14.4 Å². The number of urea groups is 1. The molecule has 0 aromatic heterocycles. The molecular formula is C26H24ClN3O3. The van der Waals surface area contributed by atoms with Crippen molar-refractivity contribution in [2.45, 2.75) is 19.9 Å². The third-order valence-corrected chi connectivity index (χ3v) is 6.17. The number of rotatable bonds is 6. The highest BCUT2D eigenvalue weighted by atomic mass is 35.5. The average Bonchev–Trinajstić information content (AvgIpc) is 3.05. The second-order valence-corrected chi connectivity index (χ2v) is 8.54.